The summed E-state index contributed by atoms with van der Waals surface area (Å²) >= 11 is 5.88. The largest absolute Gasteiger partial charge is 0.462 e. The van der Waals surface area contributed by atoms with Crippen molar-refractivity contribution in [2.45, 2.75) is 6.92 Å². The number of carbonyl (C=O) groups excluding carboxylic acids is 1. The molecule has 4 rings (SSSR count). The van der Waals surface area contributed by atoms with Crippen LogP contribution in [0, 0.1) is 5.82 Å². The van der Waals surface area contributed by atoms with Crippen molar-refractivity contribution in [1.82, 2.24) is 15.0 Å². The number of aromatic nitrogens is 3. The Labute approximate surface area is 205 Å². The molecule has 2 heterocycles. The normalized spacial score (nSPS) is 10.6. The number of halogens is 2. The summed E-state index contributed by atoms with van der Waals surface area (Å²) in [7, 11) is 0. The van der Waals surface area contributed by atoms with Gasteiger partial charge in [-0.2, -0.15) is 4.98 Å². The molecule has 0 unspecified atom stereocenters. The van der Waals surface area contributed by atoms with Crippen LogP contribution in [-0.2, 0) is 4.74 Å². The molecule has 0 saturated heterocycles. The monoisotopic (exact) mass is 493 g/mol. The summed E-state index contributed by atoms with van der Waals surface area (Å²) < 4.78 is 18.6. The van der Waals surface area contributed by atoms with Crippen molar-refractivity contribution in [3.8, 4) is 11.1 Å². The van der Waals surface area contributed by atoms with Crippen molar-refractivity contribution in [2.24, 2.45) is 5.84 Å². The molecule has 0 radical (unpaired) electrons. The third kappa shape index (κ3) is 5.29. The lowest BCUT2D eigenvalue weighted by molar-refractivity contribution is 0.0526. The second-order valence-electron chi connectivity index (χ2n) is 7.30. The van der Waals surface area contributed by atoms with Gasteiger partial charge in [0, 0.05) is 35.4 Å². The van der Waals surface area contributed by atoms with E-state index in [4.69, 9.17) is 27.9 Å². The number of nitrogen functional groups attached to an aromatic ring is 1. The molecule has 0 bridgehead atoms. The number of nitrogens with one attached hydrogen (secondary N) is 1. The Hall–Kier alpha value is -4.28. The average molecular weight is 494 g/mol. The number of pyridine rings is 1. The third-order valence-corrected chi connectivity index (χ3v) is 5.22. The highest BCUT2D eigenvalue weighted by molar-refractivity contribution is 6.31. The van der Waals surface area contributed by atoms with Gasteiger partial charge >= 0.3 is 5.97 Å². The number of carbonyl (C=O) groups is 1. The van der Waals surface area contributed by atoms with Crippen molar-refractivity contribution >= 4 is 46.4 Å². The summed E-state index contributed by atoms with van der Waals surface area (Å²) in [6.07, 6.45) is 4.49. The molecule has 0 aliphatic rings. The van der Waals surface area contributed by atoms with Gasteiger partial charge in [0.2, 0.25) is 5.95 Å². The molecule has 0 atom stereocenters. The maximum atomic E-state index is 13.5. The first-order chi connectivity index (χ1) is 16.9. The predicted molar refractivity (Wildman–Crippen MR) is 133 cm³/mol. The molecule has 11 heteroatoms. The Kier molecular flexibility index (Phi) is 7.04. The summed E-state index contributed by atoms with van der Waals surface area (Å²) in [6, 6.07) is 12.8. The van der Waals surface area contributed by atoms with Gasteiger partial charge in [0.15, 0.2) is 5.82 Å². The van der Waals surface area contributed by atoms with Crippen LogP contribution in [0.3, 0.4) is 0 Å². The van der Waals surface area contributed by atoms with Crippen molar-refractivity contribution in [1.29, 1.82) is 0 Å². The van der Waals surface area contributed by atoms with Crippen LogP contribution in [0.4, 0.5) is 33.2 Å². The SMILES string of the molecule is CCOC(=O)c1cncc(-c2cnc(Nc3ccc(F)c(Cl)c3)nc2N(N)c2ccccc2N)c1. The number of hydrogen-bond acceptors (Lipinski definition) is 9. The molecule has 2 aromatic carbocycles. The van der Waals surface area contributed by atoms with Crippen molar-refractivity contribution in [3.05, 3.63) is 83.5 Å². The molecule has 0 saturated carbocycles. The molecule has 0 amide bonds. The minimum Gasteiger partial charge on any atom is -0.462 e. The second kappa shape index (κ2) is 10.3. The minimum absolute atomic E-state index is 0.0498. The maximum absolute atomic E-state index is 13.5. The van der Waals surface area contributed by atoms with Gasteiger partial charge in [-0.15, -0.1) is 0 Å². The number of benzene rings is 2. The van der Waals surface area contributed by atoms with E-state index in [0.29, 0.717) is 28.2 Å². The van der Waals surface area contributed by atoms with Crippen LogP contribution in [0.15, 0.2) is 67.1 Å². The molecule has 0 spiro atoms. The minimum atomic E-state index is -0.546. The van der Waals surface area contributed by atoms with E-state index >= 15 is 0 Å². The molecule has 9 nitrogen and oxygen atoms in total. The lowest BCUT2D eigenvalue weighted by Gasteiger charge is -2.22. The first-order valence-electron chi connectivity index (χ1n) is 10.5. The zero-order valence-electron chi connectivity index (χ0n) is 18.6. The number of esters is 1. The topological polar surface area (TPSA) is 132 Å². The quantitative estimate of drug-likeness (QED) is 0.143. The smallest absolute Gasteiger partial charge is 0.339 e. The lowest BCUT2D eigenvalue weighted by Crippen LogP contribution is -2.28. The van der Waals surface area contributed by atoms with Gasteiger partial charge in [-0.05, 0) is 43.3 Å². The standard InChI is InChI=1S/C24H21ClFN7O2/c1-2-35-23(34)15-9-14(11-29-12-15)17-13-30-24(31-16-7-8-19(26)18(25)10-16)32-22(17)33(28)21-6-4-3-5-20(21)27/h3-13H,2,27-28H2,1H3,(H,30,31,32). The fraction of sp³-hybridized carbons (Fsp3) is 0.0833. The first kappa shape index (κ1) is 23.9. The van der Waals surface area contributed by atoms with Crippen LogP contribution in [-0.4, -0.2) is 27.5 Å². The predicted octanol–water partition coefficient (Wildman–Crippen LogP) is 4.85. The Morgan fingerprint density at radius 3 is 2.71 bits per heavy atom. The number of rotatable bonds is 7. The van der Waals surface area contributed by atoms with E-state index in [1.54, 1.807) is 43.5 Å². The van der Waals surface area contributed by atoms with Crippen LogP contribution in [0.2, 0.25) is 5.02 Å². The molecule has 0 fully saturated rings. The van der Waals surface area contributed by atoms with E-state index in [2.05, 4.69) is 20.3 Å². The third-order valence-electron chi connectivity index (χ3n) is 4.93. The van der Waals surface area contributed by atoms with Gasteiger partial charge in [-0.3, -0.25) is 9.99 Å². The summed E-state index contributed by atoms with van der Waals surface area (Å²) in [4.78, 5) is 25.3. The number of nitrogens with zero attached hydrogens (tertiary/aromatic N) is 4. The number of anilines is 5. The number of nitrogens with two attached hydrogens (primary N) is 2. The van der Waals surface area contributed by atoms with Gasteiger partial charge in [-0.1, -0.05) is 23.7 Å². The van der Waals surface area contributed by atoms with Crippen LogP contribution < -0.4 is 21.9 Å². The van der Waals surface area contributed by atoms with E-state index in [0.717, 1.165) is 0 Å². The van der Waals surface area contributed by atoms with E-state index in [1.807, 2.05) is 0 Å². The van der Waals surface area contributed by atoms with Gasteiger partial charge in [0.1, 0.15) is 5.82 Å². The Morgan fingerprint density at radius 2 is 1.97 bits per heavy atom. The second-order valence-corrected chi connectivity index (χ2v) is 7.70. The number of para-hydroxylation sites is 2. The zero-order chi connectivity index (χ0) is 24.9. The highest BCUT2D eigenvalue weighted by atomic mass is 35.5. The molecule has 5 N–H and O–H groups in total. The van der Waals surface area contributed by atoms with E-state index in [1.165, 1.54) is 35.6 Å². The maximum Gasteiger partial charge on any atom is 0.339 e. The molecule has 178 valence electrons. The molecule has 0 aliphatic heterocycles. The molecular formula is C24H21ClFN7O2. The highest BCUT2D eigenvalue weighted by Crippen LogP contribution is 2.35. The fourth-order valence-electron chi connectivity index (χ4n) is 3.26. The number of hydrazine groups is 1. The Morgan fingerprint density at radius 1 is 1.17 bits per heavy atom. The average Bonchev–Trinajstić information content (AvgIpc) is 2.86. The van der Waals surface area contributed by atoms with Crippen molar-refractivity contribution in [2.75, 3.05) is 22.7 Å². The van der Waals surface area contributed by atoms with E-state index in [-0.39, 0.29) is 29.0 Å². The van der Waals surface area contributed by atoms with Crippen LogP contribution in [0.5, 0.6) is 0 Å². The number of hydrogen-bond donors (Lipinski definition) is 3. The molecule has 4 aromatic rings. The van der Waals surface area contributed by atoms with Gasteiger partial charge in [0.25, 0.3) is 0 Å². The zero-order valence-corrected chi connectivity index (χ0v) is 19.3. The first-order valence-corrected chi connectivity index (χ1v) is 10.9. The van der Waals surface area contributed by atoms with Gasteiger partial charge in [0.05, 0.1) is 28.6 Å². The van der Waals surface area contributed by atoms with Crippen LogP contribution in [0.25, 0.3) is 11.1 Å². The Balaban J connectivity index is 1.80. The molecule has 35 heavy (non-hydrogen) atoms. The highest BCUT2D eigenvalue weighted by Gasteiger charge is 2.19. The lowest BCUT2D eigenvalue weighted by atomic mass is 10.1. The van der Waals surface area contributed by atoms with E-state index < -0.39 is 11.8 Å². The van der Waals surface area contributed by atoms with Crippen molar-refractivity contribution in [3.63, 3.8) is 0 Å². The summed E-state index contributed by atoms with van der Waals surface area (Å²) in [5.41, 5.74) is 8.82. The Bertz CT molecular complexity index is 1390. The van der Waals surface area contributed by atoms with Crippen LogP contribution in [0.1, 0.15) is 17.3 Å². The fourth-order valence-corrected chi connectivity index (χ4v) is 3.44. The van der Waals surface area contributed by atoms with Gasteiger partial charge < -0.3 is 15.8 Å². The molecular weight excluding hydrogens is 473 g/mol. The summed E-state index contributed by atoms with van der Waals surface area (Å²) in [6.45, 7) is 1.95. The van der Waals surface area contributed by atoms with Gasteiger partial charge in [-0.25, -0.2) is 20.0 Å². The molecule has 2 aromatic heterocycles. The summed E-state index contributed by atoms with van der Waals surface area (Å²) in [5.74, 6) is 5.85. The van der Waals surface area contributed by atoms with Crippen molar-refractivity contribution < 1.29 is 13.9 Å². The summed E-state index contributed by atoms with van der Waals surface area (Å²) in [5, 5.41) is 4.24. The van der Waals surface area contributed by atoms with E-state index in [9.17, 15) is 9.18 Å². The van der Waals surface area contributed by atoms with Crippen LogP contribution >= 0.6 is 11.6 Å². The molecule has 0 aliphatic carbocycles. The number of ether oxygens (including phenoxy) is 1.